The van der Waals surface area contributed by atoms with Crippen LogP contribution < -0.4 is 5.32 Å². The molecule has 2 rings (SSSR count). The summed E-state index contributed by atoms with van der Waals surface area (Å²) in [7, 11) is 0. The fraction of sp³-hybridized carbons (Fsp3) is 0.864. The van der Waals surface area contributed by atoms with Crippen LogP contribution in [0.25, 0.3) is 0 Å². The highest BCUT2D eigenvalue weighted by Gasteiger charge is 2.40. The van der Waals surface area contributed by atoms with Crippen molar-refractivity contribution in [3.8, 4) is 0 Å². The van der Waals surface area contributed by atoms with Gasteiger partial charge in [-0.05, 0) is 57.8 Å². The van der Waals surface area contributed by atoms with Crippen molar-refractivity contribution in [2.75, 3.05) is 26.3 Å². The Morgan fingerprint density at radius 2 is 1.64 bits per heavy atom. The van der Waals surface area contributed by atoms with E-state index in [1.54, 1.807) is 0 Å². The number of nitrogens with zero attached hydrogens (tertiary/aromatic N) is 1. The molecular formula is C22H38N2O4. The van der Waals surface area contributed by atoms with Crippen LogP contribution in [0.3, 0.4) is 0 Å². The lowest BCUT2D eigenvalue weighted by molar-refractivity contribution is -0.135. The van der Waals surface area contributed by atoms with Gasteiger partial charge in [0.25, 0.3) is 0 Å². The number of ketones is 1. The zero-order valence-electron chi connectivity index (χ0n) is 17.9. The Bertz CT molecular complexity index is 529. The summed E-state index contributed by atoms with van der Waals surface area (Å²) in [5.74, 6) is 0.716. The lowest BCUT2D eigenvalue weighted by atomic mass is 9.65. The molecule has 1 spiro atoms. The number of nitrogens with one attached hydrogen (secondary N) is 1. The van der Waals surface area contributed by atoms with Gasteiger partial charge in [-0.3, -0.25) is 14.4 Å². The molecule has 1 saturated heterocycles. The van der Waals surface area contributed by atoms with Crippen molar-refractivity contribution >= 4 is 17.6 Å². The third-order valence-electron chi connectivity index (χ3n) is 6.40. The third-order valence-corrected chi connectivity index (χ3v) is 6.40. The second kappa shape index (κ2) is 10.9. The van der Waals surface area contributed by atoms with E-state index in [9.17, 15) is 14.4 Å². The Kier molecular flexibility index (Phi) is 8.93. The van der Waals surface area contributed by atoms with E-state index in [2.05, 4.69) is 5.32 Å². The van der Waals surface area contributed by atoms with Crippen LogP contribution in [0.5, 0.6) is 0 Å². The predicted octanol–water partition coefficient (Wildman–Crippen LogP) is 3.09. The molecule has 0 bridgehead atoms. The van der Waals surface area contributed by atoms with E-state index in [1.165, 1.54) is 0 Å². The highest BCUT2D eigenvalue weighted by atomic mass is 16.5. The molecule has 2 aliphatic rings. The largest absolute Gasteiger partial charge is 0.380 e. The normalized spacial score (nSPS) is 19.8. The second-order valence-electron chi connectivity index (χ2n) is 8.82. The monoisotopic (exact) mass is 394 g/mol. The van der Waals surface area contributed by atoms with Crippen LogP contribution >= 0.6 is 0 Å². The van der Waals surface area contributed by atoms with E-state index < -0.39 is 0 Å². The van der Waals surface area contributed by atoms with Crippen LogP contribution in [0, 0.1) is 11.3 Å². The van der Waals surface area contributed by atoms with Crippen LogP contribution in [-0.4, -0.2) is 54.8 Å². The van der Waals surface area contributed by atoms with E-state index in [0.717, 1.165) is 51.6 Å². The number of Topliss-reactive ketones (excluding diaryl/α,β-unsaturated/α-hetero) is 1. The average molecular weight is 395 g/mol. The van der Waals surface area contributed by atoms with Gasteiger partial charge in [-0.25, -0.2) is 0 Å². The van der Waals surface area contributed by atoms with Crippen LogP contribution in [0.15, 0.2) is 0 Å². The first-order valence-electron chi connectivity index (χ1n) is 11.0. The summed E-state index contributed by atoms with van der Waals surface area (Å²) < 4.78 is 5.43. The fourth-order valence-corrected chi connectivity index (χ4v) is 4.41. The molecule has 2 fully saturated rings. The van der Waals surface area contributed by atoms with Crippen molar-refractivity contribution < 1.29 is 19.1 Å². The molecule has 0 unspecified atom stereocenters. The predicted molar refractivity (Wildman–Crippen MR) is 109 cm³/mol. The molecule has 28 heavy (non-hydrogen) atoms. The van der Waals surface area contributed by atoms with E-state index >= 15 is 0 Å². The maximum atomic E-state index is 12.4. The molecule has 1 aliphatic heterocycles. The minimum absolute atomic E-state index is 0.154. The number of piperidine rings is 1. The molecule has 6 heteroatoms. The molecule has 1 aliphatic carbocycles. The van der Waals surface area contributed by atoms with Crippen molar-refractivity contribution in [2.24, 2.45) is 11.3 Å². The van der Waals surface area contributed by atoms with Crippen LogP contribution in [0.4, 0.5) is 0 Å². The van der Waals surface area contributed by atoms with Crippen molar-refractivity contribution in [3.05, 3.63) is 0 Å². The summed E-state index contributed by atoms with van der Waals surface area (Å²) in [5.41, 5.74) is 0.322. The van der Waals surface area contributed by atoms with Gasteiger partial charge in [0.05, 0.1) is 19.6 Å². The average Bonchev–Trinajstić information content (AvgIpc) is 2.68. The summed E-state index contributed by atoms with van der Waals surface area (Å²) >= 11 is 0. The van der Waals surface area contributed by atoms with Crippen molar-refractivity contribution in [1.29, 1.82) is 0 Å². The Hall–Kier alpha value is -1.43. The first kappa shape index (κ1) is 22.9. The van der Waals surface area contributed by atoms with Gasteiger partial charge in [0.2, 0.25) is 11.8 Å². The van der Waals surface area contributed by atoms with Crippen LogP contribution in [0.1, 0.15) is 78.6 Å². The molecule has 1 heterocycles. The lowest BCUT2D eigenvalue weighted by Gasteiger charge is -2.45. The SMILES string of the molecule is CCC(=O)CCOCCC(=O)N1CCC2(CCC(C(=O)NC(C)C)CC2)CC1. The quantitative estimate of drug-likeness (QED) is 0.610. The zero-order valence-corrected chi connectivity index (χ0v) is 17.9. The molecule has 160 valence electrons. The number of rotatable bonds is 9. The molecular weight excluding hydrogens is 356 g/mol. The van der Waals surface area contributed by atoms with Crippen molar-refractivity contribution in [1.82, 2.24) is 10.2 Å². The summed E-state index contributed by atoms with van der Waals surface area (Å²) in [5, 5.41) is 3.04. The summed E-state index contributed by atoms with van der Waals surface area (Å²) in [4.78, 5) is 37.8. The first-order valence-corrected chi connectivity index (χ1v) is 11.0. The topological polar surface area (TPSA) is 75.7 Å². The number of carbonyl (C=O) groups excluding carboxylic acids is 3. The number of carbonyl (C=O) groups is 3. The molecule has 1 N–H and O–H groups in total. The highest BCUT2D eigenvalue weighted by Crippen LogP contribution is 2.46. The number of hydrogen-bond donors (Lipinski definition) is 1. The van der Waals surface area contributed by atoms with Gasteiger partial charge < -0.3 is 15.0 Å². The van der Waals surface area contributed by atoms with Crippen LogP contribution in [-0.2, 0) is 19.1 Å². The molecule has 2 amide bonds. The Morgan fingerprint density at radius 3 is 2.21 bits per heavy atom. The van der Waals surface area contributed by atoms with E-state index in [0.29, 0.717) is 37.9 Å². The van der Waals surface area contributed by atoms with Gasteiger partial charge in [-0.2, -0.15) is 0 Å². The van der Waals surface area contributed by atoms with Gasteiger partial charge in [-0.1, -0.05) is 6.92 Å². The van der Waals surface area contributed by atoms with Gasteiger partial charge in [0.1, 0.15) is 5.78 Å². The van der Waals surface area contributed by atoms with Gasteiger partial charge >= 0.3 is 0 Å². The Balaban J connectivity index is 1.65. The van der Waals surface area contributed by atoms with Crippen LogP contribution in [0.2, 0.25) is 0 Å². The lowest BCUT2D eigenvalue weighted by Crippen LogP contribution is -2.46. The van der Waals surface area contributed by atoms with Gasteiger partial charge in [-0.15, -0.1) is 0 Å². The second-order valence-corrected chi connectivity index (χ2v) is 8.82. The minimum Gasteiger partial charge on any atom is -0.380 e. The Labute approximate surface area is 169 Å². The standard InChI is InChI=1S/C22H38N2O4/c1-4-19(25)7-15-28-16-8-20(26)24-13-11-22(12-14-24)9-5-18(6-10-22)21(27)23-17(2)3/h17-18H,4-16H2,1-3H3,(H,23,27). The highest BCUT2D eigenvalue weighted by molar-refractivity contribution is 5.79. The molecule has 0 aromatic carbocycles. The maximum absolute atomic E-state index is 12.4. The van der Waals surface area contributed by atoms with E-state index in [4.69, 9.17) is 4.74 Å². The Morgan fingerprint density at radius 1 is 1.04 bits per heavy atom. The van der Waals surface area contributed by atoms with Crippen molar-refractivity contribution in [2.45, 2.75) is 84.6 Å². The number of amides is 2. The zero-order chi connectivity index (χ0) is 20.6. The fourth-order valence-electron chi connectivity index (χ4n) is 4.41. The molecule has 0 atom stereocenters. The number of ether oxygens (including phenoxy) is 1. The van der Waals surface area contributed by atoms with Gasteiger partial charge in [0, 0.05) is 37.9 Å². The van der Waals surface area contributed by atoms with Crippen molar-refractivity contribution in [3.63, 3.8) is 0 Å². The summed E-state index contributed by atoms with van der Waals surface area (Å²) in [6.07, 6.45) is 7.60. The molecule has 0 radical (unpaired) electrons. The third kappa shape index (κ3) is 6.87. The van der Waals surface area contributed by atoms with E-state index in [-0.39, 0.29) is 29.6 Å². The summed E-state index contributed by atoms with van der Waals surface area (Å²) in [6, 6.07) is 0.203. The minimum atomic E-state index is 0.154. The smallest absolute Gasteiger partial charge is 0.224 e. The summed E-state index contributed by atoms with van der Waals surface area (Å²) in [6.45, 7) is 8.29. The molecule has 6 nitrogen and oxygen atoms in total. The maximum Gasteiger partial charge on any atom is 0.224 e. The first-order chi connectivity index (χ1) is 13.3. The molecule has 0 aromatic rings. The van der Waals surface area contributed by atoms with Gasteiger partial charge in [0.15, 0.2) is 0 Å². The molecule has 1 saturated carbocycles. The number of hydrogen-bond acceptors (Lipinski definition) is 4. The van der Waals surface area contributed by atoms with E-state index in [1.807, 2.05) is 25.7 Å². The molecule has 0 aromatic heterocycles. The number of likely N-dealkylation sites (tertiary alicyclic amines) is 1.